The number of nitrogen functional groups attached to an aromatic ring is 1. The van der Waals surface area contributed by atoms with Crippen molar-refractivity contribution in [2.45, 2.75) is 84.6 Å². The first kappa shape index (κ1) is 22.3. The van der Waals surface area contributed by atoms with Gasteiger partial charge in [-0.3, -0.25) is 0 Å². The lowest BCUT2D eigenvalue weighted by molar-refractivity contribution is -0.0773. The number of nitrogens with zero attached hydrogens (tertiary/aromatic N) is 3. The molecular weight excluding hydrogens is 396 g/mol. The zero-order valence-corrected chi connectivity index (χ0v) is 20.3. The fourth-order valence-corrected chi connectivity index (χ4v) is 9.17. The van der Waals surface area contributed by atoms with E-state index in [1.54, 1.807) is 6.20 Å². The zero-order chi connectivity index (χ0) is 22.5. The van der Waals surface area contributed by atoms with Crippen molar-refractivity contribution in [1.29, 1.82) is 5.26 Å². The average Bonchev–Trinajstić information content (AvgIpc) is 3.36. The van der Waals surface area contributed by atoms with Gasteiger partial charge in [0.2, 0.25) is 0 Å². The quantitative estimate of drug-likeness (QED) is 0.628. The lowest BCUT2D eigenvalue weighted by Gasteiger charge is -2.56. The topological polar surface area (TPSA) is 76.9 Å². The molecule has 1 aromatic heterocycles. The van der Waals surface area contributed by atoms with Crippen molar-refractivity contribution in [1.82, 2.24) is 9.78 Å². The molecular formula is C27H42N4O. The minimum absolute atomic E-state index is 0.258. The van der Waals surface area contributed by atoms with Gasteiger partial charge in [0, 0.05) is 13.2 Å². The Bertz CT molecular complexity index is 858. The first-order chi connectivity index (χ1) is 15.5. The highest BCUT2D eigenvalue weighted by Gasteiger charge is 2.58. The highest BCUT2D eigenvalue weighted by molar-refractivity contribution is 5.47. The van der Waals surface area contributed by atoms with Crippen LogP contribution in [0.1, 0.15) is 90.2 Å². The summed E-state index contributed by atoms with van der Waals surface area (Å²) in [5.41, 5.74) is 7.18. The van der Waals surface area contributed by atoms with Crippen LogP contribution < -0.4 is 5.73 Å². The van der Waals surface area contributed by atoms with Crippen LogP contribution in [0.4, 0.5) is 5.82 Å². The molecule has 4 fully saturated rings. The summed E-state index contributed by atoms with van der Waals surface area (Å²) in [4.78, 5) is 0. The molecule has 4 aliphatic carbocycles. The van der Waals surface area contributed by atoms with Crippen molar-refractivity contribution in [2.24, 2.45) is 46.8 Å². The van der Waals surface area contributed by atoms with Crippen molar-refractivity contribution < 1.29 is 4.74 Å². The second-order valence-corrected chi connectivity index (χ2v) is 11.7. The maximum Gasteiger partial charge on any atom is 0.140 e. The fourth-order valence-electron chi connectivity index (χ4n) is 9.17. The first-order valence-corrected chi connectivity index (χ1v) is 13.3. The maximum absolute atomic E-state index is 9.31. The average molecular weight is 439 g/mol. The summed E-state index contributed by atoms with van der Waals surface area (Å²) in [7, 11) is 0. The molecule has 5 heteroatoms. The van der Waals surface area contributed by atoms with Gasteiger partial charge in [0.1, 0.15) is 17.5 Å². The van der Waals surface area contributed by atoms with Crippen LogP contribution >= 0.6 is 0 Å². The number of nitriles is 1. The van der Waals surface area contributed by atoms with Gasteiger partial charge in [-0.15, -0.1) is 0 Å². The summed E-state index contributed by atoms with van der Waals surface area (Å²) in [6.07, 6.45) is 14.2. The van der Waals surface area contributed by atoms with Crippen molar-refractivity contribution in [2.75, 3.05) is 18.9 Å². The molecule has 0 aliphatic heterocycles. The Kier molecular flexibility index (Phi) is 6.03. The van der Waals surface area contributed by atoms with E-state index in [2.05, 4.69) is 31.9 Å². The monoisotopic (exact) mass is 438 g/mol. The summed E-state index contributed by atoms with van der Waals surface area (Å²) >= 11 is 0. The number of ether oxygens (including phenoxy) is 1. The van der Waals surface area contributed by atoms with Crippen LogP contribution in [0.2, 0.25) is 0 Å². The first-order valence-electron chi connectivity index (χ1n) is 13.3. The van der Waals surface area contributed by atoms with Gasteiger partial charge < -0.3 is 10.5 Å². The third-order valence-electron chi connectivity index (χ3n) is 10.6. The van der Waals surface area contributed by atoms with Crippen molar-refractivity contribution in [3.63, 3.8) is 0 Å². The minimum Gasteiger partial charge on any atom is -0.383 e. The molecule has 4 aliphatic rings. The third-order valence-corrected chi connectivity index (χ3v) is 10.6. The van der Waals surface area contributed by atoms with E-state index in [4.69, 9.17) is 10.5 Å². The largest absolute Gasteiger partial charge is 0.383 e. The Morgan fingerprint density at radius 2 is 2.00 bits per heavy atom. The summed E-state index contributed by atoms with van der Waals surface area (Å²) in [6, 6.07) is 2.45. The molecule has 0 radical (unpaired) electrons. The van der Waals surface area contributed by atoms with Crippen LogP contribution in [0.3, 0.4) is 0 Å². The lowest BCUT2D eigenvalue weighted by Crippen LogP contribution is -2.49. The van der Waals surface area contributed by atoms with Gasteiger partial charge in [-0.25, -0.2) is 4.68 Å². The van der Waals surface area contributed by atoms with E-state index in [9.17, 15) is 5.26 Å². The summed E-state index contributed by atoms with van der Waals surface area (Å²) in [5.74, 6) is 6.58. The minimum atomic E-state index is 0.258. The number of aromatic nitrogens is 2. The molecule has 176 valence electrons. The maximum atomic E-state index is 9.31. The van der Waals surface area contributed by atoms with E-state index in [-0.39, 0.29) is 6.04 Å². The molecule has 2 unspecified atom stereocenters. The standard InChI is InChI=1S/C27H42N4O/c1-4-32-16-18-5-7-21-19(13-18)6-8-23-22(21)11-12-27(3)24(9-10-25(23)27)17(2)31-26(29)20(14-28)15-30-31/h15,17-19,21-25H,4-13,16,29H2,1-3H3/t17-,18+,19-,21+,22?,23-,24?,25+,27-/m1/s1. The highest BCUT2D eigenvalue weighted by Crippen LogP contribution is 2.66. The molecule has 5 nitrogen and oxygen atoms in total. The number of rotatable bonds is 5. The van der Waals surface area contributed by atoms with Crippen LogP contribution in [-0.4, -0.2) is 23.0 Å². The Balaban J connectivity index is 1.30. The van der Waals surface area contributed by atoms with Crippen LogP contribution in [-0.2, 0) is 4.74 Å². The predicted octanol–water partition coefficient (Wildman–Crippen LogP) is 5.82. The molecule has 0 bridgehead atoms. The van der Waals surface area contributed by atoms with Gasteiger partial charge >= 0.3 is 0 Å². The predicted molar refractivity (Wildman–Crippen MR) is 127 cm³/mol. The van der Waals surface area contributed by atoms with E-state index in [0.29, 0.717) is 22.7 Å². The molecule has 0 amide bonds. The summed E-state index contributed by atoms with van der Waals surface area (Å²) in [5, 5.41) is 13.8. The van der Waals surface area contributed by atoms with E-state index in [1.165, 1.54) is 57.8 Å². The molecule has 32 heavy (non-hydrogen) atoms. The number of nitrogens with two attached hydrogens (primary N) is 1. The Morgan fingerprint density at radius 3 is 2.75 bits per heavy atom. The highest BCUT2D eigenvalue weighted by atomic mass is 16.5. The van der Waals surface area contributed by atoms with Crippen LogP contribution in [0.5, 0.6) is 0 Å². The SMILES string of the molecule is CCOC[C@H]1CC[C@@H]2C3CC[C@]4(C)C([C@@H](C)n5ncc(C#N)c5N)CC[C@H]4[C@@H]3CC[C@@H]2C1. The lowest BCUT2D eigenvalue weighted by atomic mass is 9.49. The molecule has 5 rings (SSSR count). The van der Waals surface area contributed by atoms with Gasteiger partial charge in [0.05, 0.1) is 12.2 Å². The fraction of sp³-hybridized carbons (Fsp3) is 0.852. The Labute approximate surface area is 194 Å². The molecule has 4 saturated carbocycles. The van der Waals surface area contributed by atoms with E-state index in [0.717, 1.165) is 48.7 Å². The van der Waals surface area contributed by atoms with Crippen LogP contribution in [0, 0.1) is 58.2 Å². The van der Waals surface area contributed by atoms with Gasteiger partial charge in [-0.05, 0) is 118 Å². The van der Waals surface area contributed by atoms with Crippen molar-refractivity contribution >= 4 is 5.82 Å². The number of anilines is 1. The molecule has 9 atom stereocenters. The van der Waals surface area contributed by atoms with Crippen LogP contribution in [0.25, 0.3) is 0 Å². The van der Waals surface area contributed by atoms with Crippen molar-refractivity contribution in [3.8, 4) is 6.07 Å². The van der Waals surface area contributed by atoms with Gasteiger partial charge in [-0.2, -0.15) is 10.4 Å². The molecule has 0 saturated heterocycles. The van der Waals surface area contributed by atoms with Gasteiger partial charge in [-0.1, -0.05) is 6.92 Å². The number of fused-ring (bicyclic) bond motifs is 5. The smallest absolute Gasteiger partial charge is 0.140 e. The summed E-state index contributed by atoms with van der Waals surface area (Å²) < 4.78 is 7.73. The van der Waals surface area contributed by atoms with Gasteiger partial charge in [0.15, 0.2) is 0 Å². The van der Waals surface area contributed by atoms with Crippen LogP contribution in [0.15, 0.2) is 6.20 Å². The molecule has 1 heterocycles. The molecule has 1 aromatic rings. The number of hydrogen-bond donors (Lipinski definition) is 1. The third kappa shape index (κ3) is 3.49. The second-order valence-electron chi connectivity index (χ2n) is 11.7. The normalized spacial score (nSPS) is 41.9. The molecule has 2 N–H and O–H groups in total. The van der Waals surface area contributed by atoms with Gasteiger partial charge in [0.25, 0.3) is 0 Å². The molecule has 0 aromatic carbocycles. The Morgan fingerprint density at radius 1 is 1.19 bits per heavy atom. The second kappa shape index (κ2) is 8.67. The summed E-state index contributed by atoms with van der Waals surface area (Å²) in [6.45, 7) is 8.83. The van der Waals surface area contributed by atoms with E-state index < -0.39 is 0 Å². The zero-order valence-electron chi connectivity index (χ0n) is 20.3. The number of hydrogen-bond acceptors (Lipinski definition) is 4. The van der Waals surface area contributed by atoms with E-state index >= 15 is 0 Å². The molecule has 0 spiro atoms. The Hall–Kier alpha value is -1.54. The van der Waals surface area contributed by atoms with E-state index in [1.807, 2.05) is 4.68 Å². The van der Waals surface area contributed by atoms with Crippen molar-refractivity contribution in [3.05, 3.63) is 11.8 Å².